The van der Waals surface area contributed by atoms with E-state index in [2.05, 4.69) is 10.3 Å². The predicted octanol–water partition coefficient (Wildman–Crippen LogP) is 5.33. The predicted molar refractivity (Wildman–Crippen MR) is 112 cm³/mol. The van der Waals surface area contributed by atoms with E-state index in [0.717, 1.165) is 4.88 Å². The topological polar surface area (TPSA) is 63.7 Å². The van der Waals surface area contributed by atoms with E-state index in [9.17, 15) is 9.18 Å². The first-order valence-corrected chi connectivity index (χ1v) is 10.7. The Morgan fingerprint density at radius 2 is 2.10 bits per heavy atom. The van der Waals surface area contributed by atoms with Gasteiger partial charge in [0.25, 0.3) is 0 Å². The van der Waals surface area contributed by atoms with Crippen molar-refractivity contribution in [2.24, 2.45) is 0 Å². The summed E-state index contributed by atoms with van der Waals surface area (Å²) in [6.45, 7) is 7.14. The molecule has 9 heteroatoms. The molecule has 1 saturated heterocycles. The molecular formula is C20H25ClFN3O3S. The molecule has 1 aromatic heterocycles. The first-order chi connectivity index (χ1) is 13.7. The summed E-state index contributed by atoms with van der Waals surface area (Å²) in [6.07, 6.45) is 2.69. The van der Waals surface area contributed by atoms with Gasteiger partial charge in [-0.2, -0.15) is 0 Å². The van der Waals surface area contributed by atoms with E-state index in [0.29, 0.717) is 48.4 Å². The number of aromatic nitrogens is 1. The van der Waals surface area contributed by atoms with Crippen molar-refractivity contribution in [3.63, 3.8) is 0 Å². The smallest absolute Gasteiger partial charge is 0.410 e. The molecular weight excluding hydrogens is 417 g/mol. The van der Waals surface area contributed by atoms with Crippen LogP contribution in [-0.4, -0.2) is 40.8 Å². The molecule has 1 fully saturated rings. The van der Waals surface area contributed by atoms with Crippen LogP contribution in [0.2, 0.25) is 4.47 Å². The van der Waals surface area contributed by atoms with E-state index < -0.39 is 5.60 Å². The Morgan fingerprint density at radius 3 is 2.72 bits per heavy atom. The van der Waals surface area contributed by atoms with E-state index in [4.69, 9.17) is 21.1 Å². The summed E-state index contributed by atoms with van der Waals surface area (Å²) in [5.41, 5.74) is 0.0608. The van der Waals surface area contributed by atoms with Gasteiger partial charge in [-0.1, -0.05) is 11.6 Å². The Morgan fingerprint density at radius 1 is 1.38 bits per heavy atom. The van der Waals surface area contributed by atoms with Crippen LogP contribution in [0.4, 0.5) is 14.9 Å². The zero-order chi connectivity index (χ0) is 21.0. The fourth-order valence-electron chi connectivity index (χ4n) is 2.95. The fourth-order valence-corrected chi connectivity index (χ4v) is 3.87. The van der Waals surface area contributed by atoms with Gasteiger partial charge in [0.05, 0.1) is 12.2 Å². The lowest BCUT2D eigenvalue weighted by Crippen LogP contribution is -2.44. The fraction of sp³-hybridized carbons (Fsp3) is 0.500. The minimum Gasteiger partial charge on any atom is -0.488 e. The zero-order valence-electron chi connectivity index (χ0n) is 16.7. The molecule has 2 aromatic rings. The van der Waals surface area contributed by atoms with Gasteiger partial charge in [0.1, 0.15) is 23.3 Å². The number of anilines is 1. The second-order valence-corrected chi connectivity index (χ2v) is 9.56. The summed E-state index contributed by atoms with van der Waals surface area (Å²) in [4.78, 5) is 18.8. The van der Waals surface area contributed by atoms with Crippen molar-refractivity contribution in [3.8, 4) is 5.75 Å². The molecule has 29 heavy (non-hydrogen) atoms. The number of nitrogens with zero attached hydrogens (tertiary/aromatic N) is 2. The van der Waals surface area contributed by atoms with Crippen molar-refractivity contribution in [3.05, 3.63) is 39.6 Å². The van der Waals surface area contributed by atoms with Gasteiger partial charge in [-0.3, -0.25) is 0 Å². The lowest BCUT2D eigenvalue weighted by atomic mass is 10.1. The van der Waals surface area contributed by atoms with Gasteiger partial charge in [-0.05, 0) is 32.9 Å². The van der Waals surface area contributed by atoms with Gasteiger partial charge >= 0.3 is 6.09 Å². The summed E-state index contributed by atoms with van der Waals surface area (Å²) in [6, 6.07) is 4.41. The molecule has 0 aliphatic carbocycles. The first kappa shape index (κ1) is 21.6. The van der Waals surface area contributed by atoms with Crippen LogP contribution in [-0.2, 0) is 11.3 Å². The number of piperidine rings is 1. The summed E-state index contributed by atoms with van der Waals surface area (Å²) in [5.74, 6) is 0.236. The van der Waals surface area contributed by atoms with Gasteiger partial charge in [0.15, 0.2) is 4.47 Å². The monoisotopic (exact) mass is 441 g/mol. The number of halogens is 2. The lowest BCUT2D eigenvalue weighted by molar-refractivity contribution is 0.0127. The third-order valence-corrected chi connectivity index (χ3v) is 5.42. The molecule has 158 valence electrons. The van der Waals surface area contributed by atoms with E-state index in [1.807, 2.05) is 20.8 Å². The lowest BCUT2D eigenvalue weighted by Gasteiger charge is -2.33. The number of ether oxygens (including phenoxy) is 2. The molecule has 1 aliphatic heterocycles. The van der Waals surface area contributed by atoms with Crippen molar-refractivity contribution in [1.82, 2.24) is 9.88 Å². The highest BCUT2D eigenvalue weighted by Gasteiger charge is 2.28. The van der Waals surface area contributed by atoms with Crippen molar-refractivity contribution in [2.75, 3.05) is 18.4 Å². The Bertz CT molecular complexity index is 848. The van der Waals surface area contributed by atoms with Gasteiger partial charge in [0, 0.05) is 43.1 Å². The van der Waals surface area contributed by atoms with E-state index in [-0.39, 0.29) is 18.0 Å². The molecule has 0 unspecified atom stereocenters. The highest BCUT2D eigenvalue weighted by atomic mass is 35.5. The van der Waals surface area contributed by atoms with Gasteiger partial charge in [-0.25, -0.2) is 14.2 Å². The summed E-state index contributed by atoms with van der Waals surface area (Å²) in [7, 11) is 0. The second kappa shape index (κ2) is 9.17. The minimum atomic E-state index is -0.512. The Kier molecular flexibility index (Phi) is 6.85. The van der Waals surface area contributed by atoms with Gasteiger partial charge in [-0.15, -0.1) is 11.3 Å². The number of carbonyl (C=O) groups excluding carboxylic acids is 1. The molecule has 0 spiro atoms. The number of nitrogens with one attached hydrogen (secondary N) is 1. The highest BCUT2D eigenvalue weighted by molar-refractivity contribution is 7.15. The van der Waals surface area contributed by atoms with Crippen LogP contribution in [0.15, 0.2) is 24.4 Å². The molecule has 1 aromatic carbocycles. The van der Waals surface area contributed by atoms with E-state index >= 15 is 0 Å². The molecule has 1 N–H and O–H groups in total. The number of likely N-dealkylation sites (tertiary alicyclic amines) is 1. The minimum absolute atomic E-state index is 0.0578. The zero-order valence-corrected chi connectivity index (χ0v) is 18.3. The molecule has 0 saturated carbocycles. The van der Waals surface area contributed by atoms with E-state index in [1.54, 1.807) is 17.2 Å². The maximum Gasteiger partial charge on any atom is 0.410 e. The van der Waals surface area contributed by atoms with Crippen molar-refractivity contribution in [2.45, 2.75) is 51.9 Å². The van der Waals surface area contributed by atoms with Crippen LogP contribution in [0, 0.1) is 5.82 Å². The van der Waals surface area contributed by atoms with Gasteiger partial charge < -0.3 is 19.7 Å². The maximum absolute atomic E-state index is 13.7. The molecule has 0 bridgehead atoms. The van der Waals surface area contributed by atoms with Crippen molar-refractivity contribution >= 4 is 34.7 Å². The SMILES string of the molecule is CC(C)(C)OC(=O)N1CCC(Oc2ccc(F)cc2NCc2cnc(Cl)s2)CC1. The average Bonchev–Trinajstić information content (AvgIpc) is 3.06. The molecule has 3 rings (SSSR count). The van der Waals surface area contributed by atoms with Crippen LogP contribution in [0.25, 0.3) is 0 Å². The van der Waals surface area contributed by atoms with Crippen molar-refractivity contribution < 1.29 is 18.7 Å². The van der Waals surface area contributed by atoms with Crippen LogP contribution >= 0.6 is 22.9 Å². The molecule has 0 radical (unpaired) electrons. The van der Waals surface area contributed by atoms with Crippen molar-refractivity contribution in [1.29, 1.82) is 0 Å². The Hall–Kier alpha value is -2.06. The maximum atomic E-state index is 13.7. The number of rotatable bonds is 5. The normalized spacial score (nSPS) is 15.3. The summed E-state index contributed by atoms with van der Waals surface area (Å²) < 4.78 is 25.8. The molecule has 0 atom stereocenters. The molecule has 2 heterocycles. The molecule has 6 nitrogen and oxygen atoms in total. The number of hydrogen-bond acceptors (Lipinski definition) is 6. The summed E-state index contributed by atoms with van der Waals surface area (Å²) >= 11 is 7.22. The van der Waals surface area contributed by atoms with E-state index in [1.165, 1.54) is 23.5 Å². The Balaban J connectivity index is 1.57. The average molecular weight is 442 g/mol. The Labute approximate surface area is 179 Å². The number of hydrogen-bond donors (Lipinski definition) is 1. The standard InChI is InChI=1S/C20H25ClFN3O3S/c1-20(2,3)28-19(26)25-8-6-14(7-9-25)27-17-5-4-13(22)10-16(17)23-11-15-12-24-18(21)29-15/h4-5,10,12,14,23H,6-9,11H2,1-3H3. The van der Waals surface area contributed by atoms with Crippen LogP contribution in [0.1, 0.15) is 38.5 Å². The largest absolute Gasteiger partial charge is 0.488 e. The molecule has 1 aliphatic rings. The number of amides is 1. The first-order valence-electron chi connectivity index (χ1n) is 9.48. The summed E-state index contributed by atoms with van der Waals surface area (Å²) in [5, 5.41) is 3.19. The second-order valence-electron chi connectivity index (χ2n) is 7.86. The van der Waals surface area contributed by atoms with Crippen LogP contribution in [0.5, 0.6) is 5.75 Å². The number of carbonyl (C=O) groups is 1. The third kappa shape index (κ3) is 6.47. The quantitative estimate of drug-likeness (QED) is 0.679. The van der Waals surface area contributed by atoms with Crippen LogP contribution < -0.4 is 10.1 Å². The van der Waals surface area contributed by atoms with Gasteiger partial charge in [0.2, 0.25) is 0 Å². The van der Waals surface area contributed by atoms with Crippen LogP contribution in [0.3, 0.4) is 0 Å². The number of benzene rings is 1. The number of thiazole rings is 1. The molecule has 1 amide bonds. The third-order valence-electron chi connectivity index (χ3n) is 4.31. The highest BCUT2D eigenvalue weighted by Crippen LogP contribution is 2.30.